The predicted octanol–water partition coefficient (Wildman–Crippen LogP) is 4.63. The summed E-state index contributed by atoms with van der Waals surface area (Å²) in [5, 5.41) is -0.0159. The van der Waals surface area contributed by atoms with Gasteiger partial charge < -0.3 is 9.72 Å². The zero-order valence-electron chi connectivity index (χ0n) is 10.8. The number of hydrogen-bond donors (Lipinski definition) is 1. The average Bonchev–Trinajstić information content (AvgIpc) is 2.76. The fourth-order valence-electron chi connectivity index (χ4n) is 2.17. The zero-order valence-corrected chi connectivity index (χ0v) is 12.4. The molecule has 1 N–H and O–H groups in total. The molecule has 0 radical (unpaired) electrons. The Morgan fingerprint density at radius 2 is 2.05 bits per heavy atom. The summed E-state index contributed by atoms with van der Waals surface area (Å²) in [6.45, 7) is 0. The molecular weight excluding hydrogens is 318 g/mol. The van der Waals surface area contributed by atoms with Gasteiger partial charge in [0.05, 0.1) is 28.9 Å². The van der Waals surface area contributed by atoms with Gasteiger partial charge in [-0.1, -0.05) is 17.7 Å². The highest BCUT2D eigenvalue weighted by Crippen LogP contribution is 2.29. The number of ether oxygens (including phenoxy) is 1. The molecule has 2 aromatic carbocycles. The smallest absolute Gasteiger partial charge is 0.182 e. The third kappa shape index (κ3) is 2.20. The van der Waals surface area contributed by atoms with Crippen molar-refractivity contribution in [3.8, 4) is 11.4 Å². The van der Waals surface area contributed by atoms with Crippen LogP contribution in [0.3, 0.4) is 0 Å². The van der Waals surface area contributed by atoms with Crippen molar-refractivity contribution in [3.05, 3.63) is 51.8 Å². The maximum Gasteiger partial charge on any atom is 0.182 e. The highest BCUT2D eigenvalue weighted by Gasteiger charge is 2.15. The summed E-state index contributed by atoms with van der Waals surface area (Å²) in [4.78, 5) is 2.84. The molecule has 108 valence electrons. The largest absolute Gasteiger partial charge is 0.494 e. The van der Waals surface area contributed by atoms with Crippen LogP contribution in [0.15, 0.2) is 30.3 Å². The molecule has 0 saturated carbocycles. The molecule has 3 rings (SSSR count). The van der Waals surface area contributed by atoms with Crippen LogP contribution < -0.4 is 4.74 Å². The maximum absolute atomic E-state index is 14.2. The van der Waals surface area contributed by atoms with Gasteiger partial charge >= 0.3 is 0 Å². The van der Waals surface area contributed by atoms with Crippen molar-refractivity contribution < 1.29 is 13.5 Å². The molecule has 0 unspecified atom stereocenters. The van der Waals surface area contributed by atoms with Gasteiger partial charge in [0, 0.05) is 12.1 Å². The molecule has 3 nitrogen and oxygen atoms in total. The van der Waals surface area contributed by atoms with Crippen molar-refractivity contribution in [1.82, 2.24) is 9.55 Å². The van der Waals surface area contributed by atoms with E-state index in [2.05, 4.69) is 4.98 Å². The lowest BCUT2D eigenvalue weighted by Gasteiger charge is -2.08. The van der Waals surface area contributed by atoms with E-state index in [1.807, 2.05) is 0 Å². The Hall–Kier alpha value is -1.92. The number of methoxy groups -OCH3 is 1. The topological polar surface area (TPSA) is 29.9 Å². The lowest BCUT2D eigenvalue weighted by Crippen LogP contribution is -1.99. The second-order valence-electron chi connectivity index (χ2n) is 4.34. The predicted molar refractivity (Wildman–Crippen MR) is 79.9 cm³/mol. The highest BCUT2D eigenvalue weighted by atomic mass is 35.5. The third-order valence-corrected chi connectivity index (χ3v) is 3.70. The van der Waals surface area contributed by atoms with Crippen LogP contribution in [0.2, 0.25) is 5.02 Å². The summed E-state index contributed by atoms with van der Waals surface area (Å²) in [6, 6.07) is 7.31. The summed E-state index contributed by atoms with van der Waals surface area (Å²) in [7, 11) is 1.36. The van der Waals surface area contributed by atoms with Crippen LogP contribution in [-0.4, -0.2) is 16.7 Å². The van der Waals surface area contributed by atoms with Gasteiger partial charge in [0.15, 0.2) is 22.2 Å². The van der Waals surface area contributed by atoms with Crippen molar-refractivity contribution in [2.24, 2.45) is 0 Å². The normalized spacial score (nSPS) is 11.0. The number of aromatic nitrogens is 2. The van der Waals surface area contributed by atoms with Crippen molar-refractivity contribution in [3.63, 3.8) is 0 Å². The minimum absolute atomic E-state index is 0.0159. The molecule has 3 aromatic rings. The monoisotopic (exact) mass is 326 g/mol. The number of hydrogen-bond acceptors (Lipinski definition) is 2. The van der Waals surface area contributed by atoms with Gasteiger partial charge in [-0.3, -0.25) is 4.57 Å². The van der Waals surface area contributed by atoms with Crippen LogP contribution >= 0.6 is 23.8 Å². The summed E-state index contributed by atoms with van der Waals surface area (Å²) in [5.41, 5.74) is 1.13. The Kier molecular flexibility index (Phi) is 3.43. The van der Waals surface area contributed by atoms with Gasteiger partial charge in [0.25, 0.3) is 0 Å². The molecule has 0 aliphatic heterocycles. The van der Waals surface area contributed by atoms with Crippen LogP contribution in [0.4, 0.5) is 8.78 Å². The molecule has 0 atom stereocenters. The van der Waals surface area contributed by atoms with E-state index in [0.717, 1.165) is 0 Å². The summed E-state index contributed by atoms with van der Waals surface area (Å²) < 4.78 is 34.6. The van der Waals surface area contributed by atoms with Gasteiger partial charge in [-0.2, -0.15) is 0 Å². The van der Waals surface area contributed by atoms with Crippen molar-refractivity contribution in [2.45, 2.75) is 0 Å². The lowest BCUT2D eigenvalue weighted by molar-refractivity contribution is 0.387. The Labute approximate surface area is 128 Å². The molecule has 0 spiro atoms. The van der Waals surface area contributed by atoms with E-state index in [0.29, 0.717) is 11.0 Å². The lowest BCUT2D eigenvalue weighted by atomic mass is 10.2. The van der Waals surface area contributed by atoms with Crippen LogP contribution in [0.5, 0.6) is 5.75 Å². The second kappa shape index (κ2) is 5.13. The van der Waals surface area contributed by atoms with Crippen molar-refractivity contribution in [2.75, 3.05) is 7.11 Å². The third-order valence-electron chi connectivity index (χ3n) is 3.13. The SMILES string of the molecule is COc1cc2c(cc1F)[nH]c(=S)n2-c1cccc(Cl)c1F. The molecule has 0 aliphatic carbocycles. The molecule has 0 aliphatic rings. The van der Waals surface area contributed by atoms with Gasteiger partial charge in [-0.05, 0) is 24.4 Å². The van der Waals surface area contributed by atoms with Gasteiger partial charge in [0.1, 0.15) is 0 Å². The molecule has 0 amide bonds. The van der Waals surface area contributed by atoms with E-state index >= 15 is 0 Å². The number of imidazole rings is 1. The van der Waals surface area contributed by atoms with Crippen molar-refractivity contribution in [1.29, 1.82) is 0 Å². The second-order valence-corrected chi connectivity index (χ2v) is 5.14. The molecule has 0 fully saturated rings. The number of nitrogens with zero attached hydrogens (tertiary/aromatic N) is 1. The molecule has 1 heterocycles. The van der Waals surface area contributed by atoms with E-state index in [1.54, 1.807) is 12.1 Å². The quantitative estimate of drug-likeness (QED) is 0.696. The zero-order chi connectivity index (χ0) is 15.1. The van der Waals surface area contributed by atoms with Crippen LogP contribution in [-0.2, 0) is 0 Å². The fraction of sp³-hybridized carbons (Fsp3) is 0.0714. The van der Waals surface area contributed by atoms with E-state index in [4.69, 9.17) is 28.6 Å². The number of rotatable bonds is 2. The van der Waals surface area contributed by atoms with E-state index in [9.17, 15) is 8.78 Å². The number of nitrogens with one attached hydrogen (secondary N) is 1. The first-order valence-electron chi connectivity index (χ1n) is 5.95. The summed E-state index contributed by atoms with van der Waals surface area (Å²) >= 11 is 11.0. The number of fused-ring (bicyclic) bond motifs is 1. The van der Waals surface area contributed by atoms with Gasteiger partial charge in [0.2, 0.25) is 0 Å². The average molecular weight is 327 g/mol. The number of H-pyrrole nitrogens is 1. The molecule has 0 bridgehead atoms. The van der Waals surface area contributed by atoms with E-state index in [-0.39, 0.29) is 21.2 Å². The van der Waals surface area contributed by atoms with Crippen LogP contribution in [0, 0.1) is 16.4 Å². The minimum Gasteiger partial charge on any atom is -0.494 e. The maximum atomic E-state index is 14.2. The number of halogens is 3. The standard InChI is InChI=1S/C14H9ClF2N2OS/c1-20-12-6-11-9(5-8(12)16)18-14(21)19(11)10-4-2-3-7(15)13(10)17/h2-6H,1H3,(H,18,21). The summed E-state index contributed by atoms with van der Waals surface area (Å²) in [6.07, 6.45) is 0. The summed E-state index contributed by atoms with van der Waals surface area (Å²) in [5.74, 6) is -1.08. The Bertz CT molecular complexity index is 904. The molecule has 0 saturated heterocycles. The van der Waals surface area contributed by atoms with E-state index < -0.39 is 11.6 Å². The first-order valence-corrected chi connectivity index (χ1v) is 6.74. The van der Waals surface area contributed by atoms with Gasteiger partial charge in [-0.25, -0.2) is 8.78 Å². The molecule has 7 heteroatoms. The number of benzene rings is 2. The van der Waals surface area contributed by atoms with Crippen molar-refractivity contribution >= 4 is 34.9 Å². The minimum atomic E-state index is -0.598. The Balaban J connectivity index is 2.39. The van der Waals surface area contributed by atoms with Crippen LogP contribution in [0.25, 0.3) is 16.7 Å². The van der Waals surface area contributed by atoms with E-state index in [1.165, 1.54) is 29.9 Å². The fourth-order valence-corrected chi connectivity index (χ4v) is 2.65. The molecule has 1 aromatic heterocycles. The first-order chi connectivity index (χ1) is 10.0. The molecule has 21 heavy (non-hydrogen) atoms. The Morgan fingerprint density at radius 1 is 1.29 bits per heavy atom. The first kappa shape index (κ1) is 14.0. The van der Waals surface area contributed by atoms with Gasteiger partial charge in [-0.15, -0.1) is 0 Å². The number of aromatic amines is 1. The van der Waals surface area contributed by atoms with Crippen LogP contribution in [0.1, 0.15) is 0 Å². The highest BCUT2D eigenvalue weighted by molar-refractivity contribution is 7.71. The Morgan fingerprint density at radius 3 is 2.76 bits per heavy atom. The molecular formula is C14H9ClF2N2OS.